The van der Waals surface area contributed by atoms with Gasteiger partial charge in [-0.05, 0) is 25.0 Å². The van der Waals surface area contributed by atoms with Crippen molar-refractivity contribution in [3.05, 3.63) is 57.9 Å². The van der Waals surface area contributed by atoms with Gasteiger partial charge in [0.25, 0.3) is 5.91 Å². The molecule has 1 aliphatic rings. The number of rotatable bonds is 4. The third kappa shape index (κ3) is 3.66. The van der Waals surface area contributed by atoms with Crippen molar-refractivity contribution in [2.45, 2.75) is 33.7 Å². The molecule has 1 amide bonds. The van der Waals surface area contributed by atoms with E-state index >= 15 is 0 Å². The second-order valence-electron chi connectivity index (χ2n) is 7.37. The zero-order valence-electron chi connectivity index (χ0n) is 16.7. The normalized spacial score (nSPS) is 15.3. The van der Waals surface area contributed by atoms with E-state index in [1.54, 1.807) is 0 Å². The molecule has 3 aromatic rings. The predicted molar refractivity (Wildman–Crippen MR) is 114 cm³/mol. The number of aryl methyl sites for hydroxylation is 3. The van der Waals surface area contributed by atoms with Crippen molar-refractivity contribution in [2.24, 2.45) is 0 Å². The maximum absolute atomic E-state index is 13.2. The first kappa shape index (κ1) is 19.0. The van der Waals surface area contributed by atoms with Crippen molar-refractivity contribution in [3.8, 4) is 0 Å². The number of thiophene rings is 1. The number of hydrogen-bond donors (Lipinski definition) is 0. The zero-order chi connectivity index (χ0) is 19.7. The summed E-state index contributed by atoms with van der Waals surface area (Å²) in [5.74, 6) is 0.983. The van der Waals surface area contributed by atoms with Gasteiger partial charge in [-0.2, -0.15) is 0 Å². The Labute approximate surface area is 170 Å². The summed E-state index contributed by atoms with van der Waals surface area (Å²) in [6.45, 7) is 10.4. The van der Waals surface area contributed by atoms with Gasteiger partial charge in [0.2, 0.25) is 0 Å². The Balaban J connectivity index is 1.48. The molecule has 1 aliphatic heterocycles. The number of carbonyl (C=O) groups is 1. The lowest BCUT2D eigenvalue weighted by molar-refractivity contribution is 0.0632. The highest BCUT2D eigenvalue weighted by atomic mass is 32.1. The molecule has 0 radical (unpaired) electrons. The Kier molecular flexibility index (Phi) is 5.42. The number of benzene rings is 1. The molecular weight excluding hydrogens is 368 g/mol. The number of piperazine rings is 1. The standard InChI is InChI=1S/C22H26N4OS/c1-4-18-23-16(3)19-15(2)20(28-21(19)24-18)22(27)26-12-10-25(11-13-26)14-17-8-6-5-7-9-17/h5-9H,4,10-14H2,1-3H3. The van der Waals surface area contributed by atoms with Crippen molar-refractivity contribution < 1.29 is 4.79 Å². The highest BCUT2D eigenvalue weighted by molar-refractivity contribution is 7.20. The average Bonchev–Trinajstić information content (AvgIpc) is 3.05. The first-order valence-corrected chi connectivity index (χ1v) is 10.7. The van der Waals surface area contributed by atoms with Gasteiger partial charge >= 0.3 is 0 Å². The number of carbonyl (C=O) groups excluding carboxylic acids is 1. The molecule has 28 heavy (non-hydrogen) atoms. The number of nitrogens with zero attached hydrogens (tertiary/aromatic N) is 4. The topological polar surface area (TPSA) is 49.3 Å². The van der Waals surface area contributed by atoms with Gasteiger partial charge < -0.3 is 4.90 Å². The third-order valence-corrected chi connectivity index (χ3v) is 6.61. The molecule has 0 unspecified atom stereocenters. The quantitative estimate of drug-likeness (QED) is 0.675. The van der Waals surface area contributed by atoms with Crippen LogP contribution in [0.2, 0.25) is 0 Å². The molecule has 3 heterocycles. The fourth-order valence-corrected chi connectivity index (χ4v) is 5.07. The molecule has 146 valence electrons. The van der Waals surface area contributed by atoms with Crippen LogP contribution in [0.1, 0.15) is 39.2 Å². The van der Waals surface area contributed by atoms with Gasteiger partial charge in [-0.25, -0.2) is 9.97 Å². The number of hydrogen-bond acceptors (Lipinski definition) is 5. The molecule has 0 atom stereocenters. The van der Waals surface area contributed by atoms with Crippen LogP contribution in [0.5, 0.6) is 0 Å². The molecule has 4 rings (SSSR count). The molecule has 1 aromatic carbocycles. The summed E-state index contributed by atoms with van der Waals surface area (Å²) < 4.78 is 0. The summed E-state index contributed by atoms with van der Waals surface area (Å²) in [6, 6.07) is 10.5. The summed E-state index contributed by atoms with van der Waals surface area (Å²) in [5, 5.41) is 1.05. The van der Waals surface area contributed by atoms with E-state index in [-0.39, 0.29) is 5.91 Å². The summed E-state index contributed by atoms with van der Waals surface area (Å²) in [7, 11) is 0. The fraction of sp³-hybridized carbons (Fsp3) is 0.409. The smallest absolute Gasteiger partial charge is 0.264 e. The number of fused-ring (bicyclic) bond motifs is 1. The molecule has 2 aromatic heterocycles. The van der Waals surface area contributed by atoms with Crippen LogP contribution in [-0.2, 0) is 13.0 Å². The van der Waals surface area contributed by atoms with Crippen molar-refractivity contribution in [1.82, 2.24) is 19.8 Å². The van der Waals surface area contributed by atoms with E-state index in [0.29, 0.717) is 0 Å². The second-order valence-corrected chi connectivity index (χ2v) is 8.37. The number of aromatic nitrogens is 2. The molecule has 1 saturated heterocycles. The third-order valence-electron chi connectivity index (χ3n) is 5.44. The minimum atomic E-state index is 0.136. The Morgan fingerprint density at radius 1 is 1.07 bits per heavy atom. The van der Waals surface area contributed by atoms with E-state index < -0.39 is 0 Å². The molecule has 0 saturated carbocycles. The largest absolute Gasteiger partial charge is 0.335 e. The fourth-order valence-electron chi connectivity index (χ4n) is 3.85. The van der Waals surface area contributed by atoms with E-state index in [2.05, 4.69) is 46.1 Å². The monoisotopic (exact) mass is 394 g/mol. The Hall–Kier alpha value is -2.31. The molecular formula is C22H26N4OS. The van der Waals surface area contributed by atoms with Crippen molar-refractivity contribution in [1.29, 1.82) is 0 Å². The van der Waals surface area contributed by atoms with Crippen LogP contribution in [0.4, 0.5) is 0 Å². The maximum Gasteiger partial charge on any atom is 0.264 e. The van der Waals surface area contributed by atoms with E-state index in [9.17, 15) is 4.79 Å². The predicted octanol–water partition coefficient (Wildman–Crippen LogP) is 3.83. The van der Waals surface area contributed by atoms with Crippen molar-refractivity contribution in [3.63, 3.8) is 0 Å². The van der Waals surface area contributed by atoms with Crippen LogP contribution in [0.3, 0.4) is 0 Å². The first-order valence-electron chi connectivity index (χ1n) is 9.89. The summed E-state index contributed by atoms with van der Waals surface area (Å²) >= 11 is 1.52. The molecule has 1 fully saturated rings. The van der Waals surface area contributed by atoms with Gasteiger partial charge in [0, 0.05) is 50.2 Å². The van der Waals surface area contributed by atoms with Gasteiger partial charge in [-0.1, -0.05) is 37.3 Å². The zero-order valence-corrected chi connectivity index (χ0v) is 17.6. The lowest BCUT2D eigenvalue weighted by Crippen LogP contribution is -2.48. The molecule has 5 nitrogen and oxygen atoms in total. The number of amides is 1. The van der Waals surface area contributed by atoms with Crippen LogP contribution < -0.4 is 0 Å². The van der Waals surface area contributed by atoms with Crippen molar-refractivity contribution >= 4 is 27.5 Å². The van der Waals surface area contributed by atoms with Crippen LogP contribution in [0.25, 0.3) is 10.2 Å². The Morgan fingerprint density at radius 3 is 2.46 bits per heavy atom. The summed E-state index contributed by atoms with van der Waals surface area (Å²) in [4.78, 5) is 28.6. The first-order chi connectivity index (χ1) is 13.6. The van der Waals surface area contributed by atoms with E-state index in [1.807, 2.05) is 24.8 Å². The van der Waals surface area contributed by atoms with Crippen LogP contribution in [-0.4, -0.2) is 51.9 Å². The van der Waals surface area contributed by atoms with Gasteiger partial charge in [-0.3, -0.25) is 9.69 Å². The minimum absolute atomic E-state index is 0.136. The maximum atomic E-state index is 13.2. The Bertz CT molecular complexity index is 991. The molecule has 0 aliphatic carbocycles. The van der Waals surface area contributed by atoms with Crippen molar-refractivity contribution in [2.75, 3.05) is 26.2 Å². The lowest BCUT2D eigenvalue weighted by Gasteiger charge is -2.34. The second kappa shape index (κ2) is 7.97. The minimum Gasteiger partial charge on any atom is -0.335 e. The highest BCUT2D eigenvalue weighted by Gasteiger charge is 2.26. The van der Waals surface area contributed by atoms with E-state index in [4.69, 9.17) is 0 Å². The van der Waals surface area contributed by atoms with E-state index in [1.165, 1.54) is 16.9 Å². The molecule has 6 heteroatoms. The molecule has 0 N–H and O–H groups in total. The highest BCUT2D eigenvalue weighted by Crippen LogP contribution is 2.32. The Morgan fingerprint density at radius 2 is 1.79 bits per heavy atom. The average molecular weight is 395 g/mol. The summed E-state index contributed by atoms with van der Waals surface area (Å²) in [6.07, 6.45) is 0.806. The SMILES string of the molecule is CCc1nc(C)c2c(C)c(C(=O)N3CCN(Cc4ccccc4)CC3)sc2n1. The lowest BCUT2D eigenvalue weighted by atomic mass is 10.1. The van der Waals surface area contributed by atoms with Gasteiger partial charge in [0.1, 0.15) is 10.7 Å². The molecule has 0 bridgehead atoms. The van der Waals surface area contributed by atoms with Crippen LogP contribution in [0, 0.1) is 13.8 Å². The summed E-state index contributed by atoms with van der Waals surface area (Å²) in [5.41, 5.74) is 3.32. The van der Waals surface area contributed by atoms with Gasteiger partial charge in [0.05, 0.1) is 4.88 Å². The van der Waals surface area contributed by atoms with Crippen LogP contribution >= 0.6 is 11.3 Å². The molecule has 0 spiro atoms. The van der Waals surface area contributed by atoms with Crippen LogP contribution in [0.15, 0.2) is 30.3 Å². The van der Waals surface area contributed by atoms with E-state index in [0.717, 1.165) is 71.3 Å². The van der Waals surface area contributed by atoms with Gasteiger partial charge in [-0.15, -0.1) is 11.3 Å². The van der Waals surface area contributed by atoms with Gasteiger partial charge in [0.15, 0.2) is 0 Å².